The Labute approximate surface area is 250 Å². The van der Waals surface area contributed by atoms with E-state index >= 15 is 0 Å². The lowest BCUT2D eigenvalue weighted by Gasteiger charge is -2.38. The molecule has 0 amide bonds. The second-order valence-electron chi connectivity index (χ2n) is 13.0. The molecule has 0 unspecified atom stereocenters. The molecule has 2 aromatic carbocycles. The van der Waals surface area contributed by atoms with Crippen molar-refractivity contribution in [2.24, 2.45) is 17.8 Å². The quantitative estimate of drug-likeness (QED) is 0.116. The van der Waals surface area contributed by atoms with Gasteiger partial charge in [-0.05, 0) is 111 Å². The van der Waals surface area contributed by atoms with Crippen molar-refractivity contribution in [3.63, 3.8) is 0 Å². The monoisotopic (exact) mass is 560 g/mol. The van der Waals surface area contributed by atoms with Gasteiger partial charge in [0.15, 0.2) is 0 Å². The Morgan fingerprint density at radius 2 is 1.20 bits per heavy atom. The van der Waals surface area contributed by atoms with Crippen LogP contribution in [-0.4, -0.2) is 12.6 Å². The summed E-state index contributed by atoms with van der Waals surface area (Å²) in [5.41, 5.74) is 1.99. The van der Waals surface area contributed by atoms with Crippen LogP contribution in [0.4, 0.5) is 0 Å². The van der Waals surface area contributed by atoms with E-state index in [9.17, 15) is 4.79 Å². The molecule has 0 radical (unpaired) electrons. The van der Waals surface area contributed by atoms with Gasteiger partial charge >= 0.3 is 5.97 Å². The molecule has 0 bridgehead atoms. The molecule has 2 aliphatic rings. The van der Waals surface area contributed by atoms with Crippen LogP contribution in [0.15, 0.2) is 48.5 Å². The highest BCUT2D eigenvalue weighted by atomic mass is 16.5. The van der Waals surface area contributed by atoms with Gasteiger partial charge in [0.2, 0.25) is 0 Å². The summed E-state index contributed by atoms with van der Waals surface area (Å²) >= 11 is 0. The minimum atomic E-state index is -0.300. The Morgan fingerprint density at radius 3 is 1.80 bits per heavy atom. The van der Waals surface area contributed by atoms with E-state index in [2.05, 4.69) is 26.0 Å². The average Bonchev–Trinajstić information content (AvgIpc) is 3.02. The zero-order valence-electron chi connectivity index (χ0n) is 26.1. The average molecular weight is 561 g/mol. The summed E-state index contributed by atoms with van der Waals surface area (Å²) in [5, 5.41) is 0. The second kappa shape index (κ2) is 17.6. The first-order valence-electron chi connectivity index (χ1n) is 17.2. The SMILES string of the molecule is CCCCCCCCCCOc1ccc(OC(=O)c2ccc(C3CCC([C@H]4CC[C@H](CCC)CC4)CC3)cc2)cc1. The van der Waals surface area contributed by atoms with E-state index in [1.807, 2.05) is 36.4 Å². The topological polar surface area (TPSA) is 35.5 Å². The highest BCUT2D eigenvalue weighted by Crippen LogP contribution is 2.44. The number of esters is 1. The Kier molecular flexibility index (Phi) is 13.6. The summed E-state index contributed by atoms with van der Waals surface area (Å²) in [6, 6.07) is 15.6. The van der Waals surface area contributed by atoms with Crippen molar-refractivity contribution in [2.75, 3.05) is 6.61 Å². The second-order valence-corrected chi connectivity index (χ2v) is 13.0. The normalized spacial score (nSPS) is 22.8. The first kappa shape index (κ1) is 31.6. The van der Waals surface area contributed by atoms with Gasteiger partial charge in [-0.25, -0.2) is 4.79 Å². The zero-order chi connectivity index (χ0) is 28.7. The Hall–Kier alpha value is -2.29. The highest BCUT2D eigenvalue weighted by Gasteiger charge is 2.31. The molecule has 0 aliphatic heterocycles. The van der Waals surface area contributed by atoms with Crippen LogP contribution in [-0.2, 0) is 0 Å². The minimum Gasteiger partial charge on any atom is -0.494 e. The summed E-state index contributed by atoms with van der Waals surface area (Å²) in [4.78, 5) is 12.8. The molecule has 0 aromatic heterocycles. The fraction of sp³-hybridized carbons (Fsp3) is 0.658. The Balaban J connectivity index is 1.13. The molecular formula is C38H56O3. The molecule has 3 heteroatoms. The lowest BCUT2D eigenvalue weighted by molar-refractivity contribution is 0.0734. The number of benzene rings is 2. The van der Waals surface area contributed by atoms with E-state index in [0.717, 1.165) is 36.5 Å². The number of unbranched alkanes of at least 4 members (excludes halogenated alkanes) is 7. The van der Waals surface area contributed by atoms with Crippen molar-refractivity contribution in [1.82, 2.24) is 0 Å². The van der Waals surface area contributed by atoms with Gasteiger partial charge in [-0.15, -0.1) is 0 Å². The van der Waals surface area contributed by atoms with Crippen LogP contribution in [0.3, 0.4) is 0 Å². The molecule has 3 nitrogen and oxygen atoms in total. The fourth-order valence-electron chi connectivity index (χ4n) is 7.37. The van der Waals surface area contributed by atoms with Crippen molar-refractivity contribution in [3.05, 3.63) is 59.7 Å². The standard InChI is InChI=1S/C38H56O3/c1-3-5-6-7-8-9-10-11-29-40-36-25-27-37(28-26-36)41-38(39)35-23-21-34(22-24-35)33-19-17-32(18-20-33)31-15-13-30(12-4-2)14-16-31/h21-28,30-33H,3-20,29H2,1-2H3/t30-,31-,32?,33?. The number of carbonyl (C=O) groups is 1. The first-order chi connectivity index (χ1) is 20.2. The van der Waals surface area contributed by atoms with Gasteiger partial charge < -0.3 is 9.47 Å². The molecule has 0 N–H and O–H groups in total. The van der Waals surface area contributed by atoms with Gasteiger partial charge in [-0.3, -0.25) is 0 Å². The summed E-state index contributed by atoms with van der Waals surface area (Å²) in [6.07, 6.45) is 24.3. The van der Waals surface area contributed by atoms with E-state index in [0.29, 0.717) is 17.2 Å². The molecule has 2 aliphatic carbocycles. The van der Waals surface area contributed by atoms with Crippen LogP contribution < -0.4 is 9.47 Å². The van der Waals surface area contributed by atoms with Crippen LogP contribution in [0, 0.1) is 17.8 Å². The summed E-state index contributed by atoms with van der Waals surface area (Å²) in [7, 11) is 0. The largest absolute Gasteiger partial charge is 0.494 e. The predicted molar refractivity (Wildman–Crippen MR) is 171 cm³/mol. The lowest BCUT2D eigenvalue weighted by atomic mass is 9.68. The third-order valence-corrected chi connectivity index (χ3v) is 9.95. The van der Waals surface area contributed by atoms with Crippen molar-refractivity contribution in [1.29, 1.82) is 0 Å². The maximum atomic E-state index is 12.8. The molecule has 0 saturated heterocycles. The van der Waals surface area contributed by atoms with E-state index in [1.165, 1.54) is 115 Å². The maximum Gasteiger partial charge on any atom is 0.343 e. The Morgan fingerprint density at radius 1 is 0.634 bits per heavy atom. The molecular weight excluding hydrogens is 504 g/mol. The van der Waals surface area contributed by atoms with Gasteiger partial charge in [0.1, 0.15) is 11.5 Å². The van der Waals surface area contributed by atoms with Gasteiger partial charge in [0.25, 0.3) is 0 Å². The molecule has 2 fully saturated rings. The van der Waals surface area contributed by atoms with Gasteiger partial charge in [0.05, 0.1) is 12.2 Å². The molecule has 0 heterocycles. The van der Waals surface area contributed by atoms with E-state index in [-0.39, 0.29) is 5.97 Å². The lowest BCUT2D eigenvalue weighted by Crippen LogP contribution is -2.25. The molecule has 2 aromatic rings. The Bertz CT molecular complexity index is 979. The van der Waals surface area contributed by atoms with Crippen LogP contribution in [0.25, 0.3) is 0 Å². The number of rotatable bonds is 16. The first-order valence-corrected chi connectivity index (χ1v) is 17.2. The molecule has 2 saturated carbocycles. The molecule has 41 heavy (non-hydrogen) atoms. The van der Waals surface area contributed by atoms with Crippen LogP contribution in [0.1, 0.15) is 151 Å². The third-order valence-electron chi connectivity index (χ3n) is 9.95. The molecule has 4 rings (SSSR count). The van der Waals surface area contributed by atoms with Crippen molar-refractivity contribution in [2.45, 2.75) is 135 Å². The number of ether oxygens (including phenoxy) is 2. The minimum absolute atomic E-state index is 0.300. The number of carbonyl (C=O) groups excluding carboxylic acids is 1. The van der Waals surface area contributed by atoms with E-state index < -0.39 is 0 Å². The smallest absolute Gasteiger partial charge is 0.343 e. The number of hydrogen-bond acceptors (Lipinski definition) is 3. The third kappa shape index (κ3) is 10.5. The van der Waals surface area contributed by atoms with Crippen molar-refractivity contribution in [3.8, 4) is 11.5 Å². The van der Waals surface area contributed by atoms with Gasteiger partial charge in [-0.2, -0.15) is 0 Å². The highest BCUT2D eigenvalue weighted by molar-refractivity contribution is 5.91. The molecule has 0 spiro atoms. The van der Waals surface area contributed by atoms with Gasteiger partial charge in [-0.1, -0.05) is 96.6 Å². The summed E-state index contributed by atoms with van der Waals surface area (Å²) in [5.74, 6) is 4.62. The molecule has 226 valence electrons. The number of hydrogen-bond donors (Lipinski definition) is 0. The molecule has 0 atom stereocenters. The summed E-state index contributed by atoms with van der Waals surface area (Å²) < 4.78 is 11.5. The van der Waals surface area contributed by atoms with Crippen molar-refractivity contribution < 1.29 is 14.3 Å². The van der Waals surface area contributed by atoms with Gasteiger partial charge in [0, 0.05) is 0 Å². The van der Waals surface area contributed by atoms with E-state index in [1.54, 1.807) is 0 Å². The van der Waals surface area contributed by atoms with Crippen LogP contribution >= 0.6 is 0 Å². The van der Waals surface area contributed by atoms with Crippen LogP contribution in [0.2, 0.25) is 0 Å². The predicted octanol–water partition coefficient (Wildman–Crippen LogP) is 11.3. The van der Waals surface area contributed by atoms with E-state index in [4.69, 9.17) is 9.47 Å². The maximum absolute atomic E-state index is 12.8. The fourth-order valence-corrected chi connectivity index (χ4v) is 7.37. The van der Waals surface area contributed by atoms with Crippen molar-refractivity contribution >= 4 is 5.97 Å². The zero-order valence-corrected chi connectivity index (χ0v) is 26.1. The summed E-state index contributed by atoms with van der Waals surface area (Å²) in [6.45, 7) is 5.33. The van der Waals surface area contributed by atoms with Crippen LogP contribution in [0.5, 0.6) is 11.5 Å².